The molecular weight excluding hydrogens is 262 g/mol. The Morgan fingerprint density at radius 3 is 2.67 bits per heavy atom. The van der Waals surface area contributed by atoms with Gasteiger partial charge >= 0.3 is 0 Å². The number of nitrogens with zero attached hydrogens (tertiary/aromatic N) is 1. The Hall–Kier alpha value is -1.55. The summed E-state index contributed by atoms with van der Waals surface area (Å²) < 4.78 is 0. The van der Waals surface area contributed by atoms with Crippen LogP contribution >= 0.6 is 0 Å². The molecule has 0 saturated carbocycles. The minimum absolute atomic E-state index is 0.0359. The van der Waals surface area contributed by atoms with E-state index < -0.39 is 0 Å². The highest BCUT2D eigenvalue weighted by Crippen LogP contribution is 2.16. The monoisotopic (exact) mass is 289 g/mol. The Kier molecular flexibility index (Phi) is 6.05. The Bertz CT molecular complexity index is 438. The van der Waals surface area contributed by atoms with Crippen LogP contribution in [0.2, 0.25) is 0 Å². The van der Waals surface area contributed by atoms with Crippen LogP contribution in [-0.2, 0) is 0 Å². The average Bonchev–Trinajstić information content (AvgIpc) is 2.54. The molecule has 1 aromatic rings. The van der Waals surface area contributed by atoms with Crippen molar-refractivity contribution in [2.24, 2.45) is 0 Å². The molecule has 4 nitrogen and oxygen atoms in total. The molecule has 2 rings (SSSR count). The van der Waals surface area contributed by atoms with Crippen molar-refractivity contribution in [1.82, 2.24) is 10.6 Å². The molecule has 116 valence electrons. The molecule has 1 amide bonds. The molecule has 1 aliphatic rings. The second-order valence-electron chi connectivity index (χ2n) is 5.64. The maximum Gasteiger partial charge on any atom is 0.251 e. The number of carbonyl (C=O) groups excluding carboxylic acids is 1. The van der Waals surface area contributed by atoms with Gasteiger partial charge in [-0.3, -0.25) is 4.79 Å². The Morgan fingerprint density at radius 1 is 1.33 bits per heavy atom. The summed E-state index contributed by atoms with van der Waals surface area (Å²) >= 11 is 0. The highest BCUT2D eigenvalue weighted by atomic mass is 16.1. The summed E-state index contributed by atoms with van der Waals surface area (Å²) in [6, 6.07) is 8.22. The largest absolute Gasteiger partial charge is 0.372 e. The number of rotatable bonds is 6. The van der Waals surface area contributed by atoms with Gasteiger partial charge < -0.3 is 15.5 Å². The van der Waals surface area contributed by atoms with E-state index in [4.69, 9.17) is 0 Å². The number of amides is 1. The number of piperidine rings is 1. The summed E-state index contributed by atoms with van der Waals surface area (Å²) in [4.78, 5) is 14.6. The zero-order valence-electron chi connectivity index (χ0n) is 13.2. The average molecular weight is 289 g/mol. The number of carbonyl (C=O) groups is 1. The van der Waals surface area contributed by atoms with Gasteiger partial charge in [0.05, 0.1) is 0 Å². The first kappa shape index (κ1) is 15.8. The molecule has 21 heavy (non-hydrogen) atoms. The summed E-state index contributed by atoms with van der Waals surface area (Å²) in [6.07, 6.45) is 3.33. The van der Waals surface area contributed by atoms with E-state index in [0.29, 0.717) is 0 Å². The fourth-order valence-corrected chi connectivity index (χ4v) is 2.81. The van der Waals surface area contributed by atoms with Gasteiger partial charge in [0.15, 0.2) is 0 Å². The Balaban J connectivity index is 1.95. The molecule has 1 saturated heterocycles. The van der Waals surface area contributed by atoms with Gasteiger partial charge in [-0.25, -0.2) is 0 Å². The SMILES string of the molecule is CCCN(CC)c1ccc(C(=O)N[C@H]2CCCNC2)cc1. The topological polar surface area (TPSA) is 44.4 Å². The summed E-state index contributed by atoms with van der Waals surface area (Å²) in [5.41, 5.74) is 1.94. The van der Waals surface area contributed by atoms with Crippen molar-refractivity contribution in [2.75, 3.05) is 31.1 Å². The predicted molar refractivity (Wildman–Crippen MR) is 88.0 cm³/mol. The summed E-state index contributed by atoms with van der Waals surface area (Å²) in [7, 11) is 0. The lowest BCUT2D eigenvalue weighted by atomic mass is 10.1. The number of nitrogens with one attached hydrogen (secondary N) is 2. The van der Waals surface area contributed by atoms with Gasteiger partial charge in [-0.1, -0.05) is 6.92 Å². The second-order valence-corrected chi connectivity index (χ2v) is 5.64. The number of benzene rings is 1. The van der Waals surface area contributed by atoms with Crippen molar-refractivity contribution in [3.05, 3.63) is 29.8 Å². The number of anilines is 1. The summed E-state index contributed by atoms with van der Waals surface area (Å²) in [5.74, 6) is 0.0359. The highest BCUT2D eigenvalue weighted by molar-refractivity contribution is 5.94. The van der Waals surface area contributed by atoms with Crippen LogP contribution in [0.1, 0.15) is 43.5 Å². The van der Waals surface area contributed by atoms with Gasteiger partial charge in [-0.2, -0.15) is 0 Å². The van der Waals surface area contributed by atoms with Crippen molar-refractivity contribution < 1.29 is 4.79 Å². The van der Waals surface area contributed by atoms with E-state index in [2.05, 4.69) is 29.4 Å². The second kappa shape index (κ2) is 8.03. The zero-order chi connectivity index (χ0) is 15.1. The van der Waals surface area contributed by atoms with Gasteiger partial charge in [-0.05, 0) is 57.0 Å². The van der Waals surface area contributed by atoms with Crippen LogP contribution in [0.4, 0.5) is 5.69 Å². The van der Waals surface area contributed by atoms with E-state index in [0.717, 1.165) is 51.0 Å². The quantitative estimate of drug-likeness (QED) is 0.845. The van der Waals surface area contributed by atoms with Crippen molar-refractivity contribution in [2.45, 2.75) is 39.2 Å². The van der Waals surface area contributed by atoms with Gasteiger partial charge in [0.25, 0.3) is 5.91 Å². The molecule has 0 spiro atoms. The molecule has 1 fully saturated rings. The minimum Gasteiger partial charge on any atom is -0.372 e. The van der Waals surface area contributed by atoms with Crippen LogP contribution in [-0.4, -0.2) is 38.1 Å². The minimum atomic E-state index is 0.0359. The molecule has 2 N–H and O–H groups in total. The van der Waals surface area contributed by atoms with Gasteiger partial charge in [0.1, 0.15) is 0 Å². The molecule has 0 aliphatic carbocycles. The van der Waals surface area contributed by atoms with Gasteiger partial charge in [-0.15, -0.1) is 0 Å². The lowest BCUT2D eigenvalue weighted by Gasteiger charge is -2.24. The van der Waals surface area contributed by atoms with Crippen molar-refractivity contribution in [3.8, 4) is 0 Å². The summed E-state index contributed by atoms with van der Waals surface area (Å²) in [6.45, 7) is 8.33. The van der Waals surface area contributed by atoms with Crippen molar-refractivity contribution in [3.63, 3.8) is 0 Å². The maximum absolute atomic E-state index is 12.2. The van der Waals surface area contributed by atoms with Crippen LogP contribution in [0.15, 0.2) is 24.3 Å². The van der Waals surface area contributed by atoms with Crippen LogP contribution < -0.4 is 15.5 Å². The smallest absolute Gasteiger partial charge is 0.251 e. The molecule has 1 heterocycles. The van der Waals surface area contributed by atoms with Crippen molar-refractivity contribution in [1.29, 1.82) is 0 Å². The van der Waals surface area contributed by atoms with E-state index >= 15 is 0 Å². The molecule has 4 heteroatoms. The molecule has 1 atom stereocenters. The molecule has 0 radical (unpaired) electrons. The third-order valence-electron chi connectivity index (χ3n) is 4.00. The van der Waals surface area contributed by atoms with E-state index in [1.54, 1.807) is 0 Å². The fraction of sp³-hybridized carbons (Fsp3) is 0.588. The van der Waals surface area contributed by atoms with Crippen LogP contribution in [0.5, 0.6) is 0 Å². The molecule has 0 aromatic heterocycles. The summed E-state index contributed by atoms with van der Waals surface area (Å²) in [5, 5.41) is 6.42. The molecule has 1 aromatic carbocycles. The first-order valence-corrected chi connectivity index (χ1v) is 8.11. The highest BCUT2D eigenvalue weighted by Gasteiger charge is 2.16. The maximum atomic E-state index is 12.2. The third kappa shape index (κ3) is 4.46. The molecule has 1 aliphatic heterocycles. The standard InChI is InChI=1S/C17H27N3O/c1-3-12-20(4-2)16-9-7-14(8-10-16)17(21)19-15-6-5-11-18-13-15/h7-10,15,18H,3-6,11-13H2,1-2H3,(H,19,21)/t15-/m0/s1. The first-order chi connectivity index (χ1) is 10.2. The molecule has 0 unspecified atom stereocenters. The number of hydrogen-bond acceptors (Lipinski definition) is 3. The van der Waals surface area contributed by atoms with Crippen LogP contribution in [0.3, 0.4) is 0 Å². The number of hydrogen-bond donors (Lipinski definition) is 2. The predicted octanol–water partition coefficient (Wildman–Crippen LogP) is 2.40. The van der Waals surface area contributed by atoms with Crippen LogP contribution in [0, 0.1) is 0 Å². The van der Waals surface area contributed by atoms with E-state index in [-0.39, 0.29) is 11.9 Å². The van der Waals surface area contributed by atoms with Crippen LogP contribution in [0.25, 0.3) is 0 Å². The van der Waals surface area contributed by atoms with E-state index in [9.17, 15) is 4.79 Å². The van der Waals surface area contributed by atoms with Gasteiger partial charge in [0, 0.05) is 36.9 Å². The lowest BCUT2D eigenvalue weighted by molar-refractivity contribution is 0.0930. The van der Waals surface area contributed by atoms with Crippen molar-refractivity contribution >= 4 is 11.6 Å². The Labute approximate surface area is 127 Å². The molecular formula is C17H27N3O. The first-order valence-electron chi connectivity index (χ1n) is 8.11. The zero-order valence-corrected chi connectivity index (χ0v) is 13.2. The third-order valence-corrected chi connectivity index (χ3v) is 4.00. The Morgan fingerprint density at radius 2 is 2.10 bits per heavy atom. The fourth-order valence-electron chi connectivity index (χ4n) is 2.81. The molecule has 0 bridgehead atoms. The van der Waals surface area contributed by atoms with Gasteiger partial charge in [0.2, 0.25) is 0 Å². The lowest BCUT2D eigenvalue weighted by Crippen LogP contribution is -2.45. The van der Waals surface area contributed by atoms with E-state index in [1.807, 2.05) is 24.3 Å². The van der Waals surface area contributed by atoms with E-state index in [1.165, 1.54) is 5.69 Å². The normalized spacial score (nSPS) is 18.3.